The summed E-state index contributed by atoms with van der Waals surface area (Å²) in [4.78, 5) is 11.5. The summed E-state index contributed by atoms with van der Waals surface area (Å²) in [6, 6.07) is 6.80. The molecule has 0 spiro atoms. The fourth-order valence-corrected chi connectivity index (χ4v) is 1.74. The average molecular weight is 318 g/mol. The first-order valence-electron chi connectivity index (χ1n) is 5.95. The van der Waals surface area contributed by atoms with Crippen molar-refractivity contribution in [2.45, 2.75) is 18.5 Å². The Bertz CT molecular complexity index is 652. The van der Waals surface area contributed by atoms with Gasteiger partial charge in [-0.2, -0.15) is 18.3 Å². The van der Waals surface area contributed by atoms with E-state index >= 15 is 0 Å². The summed E-state index contributed by atoms with van der Waals surface area (Å²) < 4.78 is 39.3. The van der Waals surface area contributed by atoms with E-state index in [0.717, 1.165) is 16.9 Å². The topological polar surface area (TPSA) is 46.9 Å². The molecule has 1 amide bonds. The van der Waals surface area contributed by atoms with Crippen LogP contribution in [0.2, 0.25) is 0 Å². The van der Waals surface area contributed by atoms with Crippen LogP contribution in [0.3, 0.4) is 0 Å². The Labute approximate surface area is 123 Å². The SMILES string of the molecule is CC(Cl)C(=O)Nc1cccc(-n2nccc2C(F)(F)F)c1. The number of nitrogens with one attached hydrogen (secondary N) is 1. The van der Waals surface area contributed by atoms with Crippen LogP contribution in [0.5, 0.6) is 0 Å². The number of hydrogen-bond acceptors (Lipinski definition) is 2. The highest BCUT2D eigenvalue weighted by atomic mass is 35.5. The van der Waals surface area contributed by atoms with Gasteiger partial charge >= 0.3 is 6.18 Å². The molecule has 0 aliphatic rings. The number of halogens is 4. The molecular formula is C13H11ClF3N3O. The molecule has 1 heterocycles. The third kappa shape index (κ3) is 3.55. The standard InChI is InChI=1S/C13H11ClF3N3O/c1-8(14)12(21)19-9-3-2-4-10(7-9)20-11(5-6-18-20)13(15,16)17/h2-8H,1H3,(H,19,21). The molecule has 8 heteroatoms. The number of rotatable bonds is 3. The van der Waals surface area contributed by atoms with Crippen molar-refractivity contribution in [1.82, 2.24) is 9.78 Å². The Kier molecular flexibility index (Phi) is 4.22. The Morgan fingerprint density at radius 3 is 2.71 bits per heavy atom. The molecule has 1 N–H and O–H groups in total. The Morgan fingerprint density at radius 1 is 1.38 bits per heavy atom. The van der Waals surface area contributed by atoms with Crippen LogP contribution in [0, 0.1) is 0 Å². The largest absolute Gasteiger partial charge is 0.433 e. The van der Waals surface area contributed by atoms with Gasteiger partial charge in [0.2, 0.25) is 5.91 Å². The number of alkyl halides is 4. The van der Waals surface area contributed by atoms with E-state index in [9.17, 15) is 18.0 Å². The van der Waals surface area contributed by atoms with Gasteiger partial charge in [-0.15, -0.1) is 11.6 Å². The van der Waals surface area contributed by atoms with Crippen LogP contribution >= 0.6 is 11.6 Å². The van der Waals surface area contributed by atoms with Crippen molar-refractivity contribution in [3.8, 4) is 5.69 Å². The molecule has 2 rings (SSSR count). The van der Waals surface area contributed by atoms with E-state index in [-0.39, 0.29) is 5.69 Å². The van der Waals surface area contributed by atoms with Gasteiger partial charge in [-0.1, -0.05) is 6.07 Å². The van der Waals surface area contributed by atoms with Gasteiger partial charge in [-0.05, 0) is 31.2 Å². The van der Waals surface area contributed by atoms with Crippen molar-refractivity contribution in [2.75, 3.05) is 5.32 Å². The maximum atomic E-state index is 12.8. The van der Waals surface area contributed by atoms with Crippen molar-refractivity contribution in [2.24, 2.45) is 0 Å². The Morgan fingerprint density at radius 2 is 2.10 bits per heavy atom. The number of benzene rings is 1. The van der Waals surface area contributed by atoms with Crippen molar-refractivity contribution in [3.05, 3.63) is 42.2 Å². The third-order valence-corrected chi connectivity index (χ3v) is 2.85. The predicted molar refractivity (Wildman–Crippen MR) is 72.5 cm³/mol. The number of amides is 1. The highest BCUT2D eigenvalue weighted by Crippen LogP contribution is 2.30. The van der Waals surface area contributed by atoms with Crippen LogP contribution in [0.1, 0.15) is 12.6 Å². The van der Waals surface area contributed by atoms with Gasteiger partial charge in [-0.3, -0.25) is 4.79 Å². The molecule has 112 valence electrons. The van der Waals surface area contributed by atoms with Crippen LogP contribution in [0.25, 0.3) is 5.69 Å². The first-order valence-corrected chi connectivity index (χ1v) is 6.39. The smallest absolute Gasteiger partial charge is 0.325 e. The van der Waals surface area contributed by atoms with Gasteiger partial charge < -0.3 is 5.32 Å². The summed E-state index contributed by atoms with van der Waals surface area (Å²) in [6.45, 7) is 1.50. The van der Waals surface area contributed by atoms with Crippen LogP contribution < -0.4 is 5.32 Å². The molecule has 1 unspecified atom stereocenters. The zero-order valence-electron chi connectivity index (χ0n) is 10.9. The monoisotopic (exact) mass is 317 g/mol. The lowest BCUT2D eigenvalue weighted by Gasteiger charge is -2.12. The molecule has 0 fully saturated rings. The zero-order chi connectivity index (χ0) is 15.6. The van der Waals surface area contributed by atoms with E-state index in [4.69, 9.17) is 11.6 Å². The second kappa shape index (κ2) is 5.77. The summed E-state index contributed by atoms with van der Waals surface area (Å²) in [5.74, 6) is -0.440. The fourth-order valence-electron chi connectivity index (χ4n) is 1.68. The minimum Gasteiger partial charge on any atom is -0.325 e. The van der Waals surface area contributed by atoms with Crippen molar-refractivity contribution in [3.63, 3.8) is 0 Å². The van der Waals surface area contributed by atoms with Gasteiger partial charge in [0.1, 0.15) is 11.1 Å². The Balaban J connectivity index is 2.34. The normalized spacial score (nSPS) is 13.0. The van der Waals surface area contributed by atoms with Crippen LogP contribution in [0.15, 0.2) is 36.5 Å². The maximum absolute atomic E-state index is 12.8. The molecule has 0 saturated carbocycles. The summed E-state index contributed by atoms with van der Waals surface area (Å²) in [6.07, 6.45) is -3.45. The average Bonchev–Trinajstić information content (AvgIpc) is 2.88. The molecule has 4 nitrogen and oxygen atoms in total. The summed E-state index contributed by atoms with van der Waals surface area (Å²) in [5.41, 5.74) is -0.363. The predicted octanol–water partition coefficient (Wildman–Crippen LogP) is 3.46. The zero-order valence-corrected chi connectivity index (χ0v) is 11.6. The fraction of sp³-hybridized carbons (Fsp3) is 0.231. The van der Waals surface area contributed by atoms with Crippen molar-refractivity contribution < 1.29 is 18.0 Å². The number of carbonyl (C=O) groups is 1. The summed E-state index contributed by atoms with van der Waals surface area (Å²) in [5, 5.41) is 5.43. The number of anilines is 1. The van der Waals surface area contributed by atoms with E-state index in [1.807, 2.05) is 0 Å². The van der Waals surface area contributed by atoms with Gasteiger partial charge in [0, 0.05) is 5.69 Å². The highest BCUT2D eigenvalue weighted by Gasteiger charge is 2.35. The third-order valence-electron chi connectivity index (χ3n) is 2.65. The van der Waals surface area contributed by atoms with Crippen LogP contribution in [-0.4, -0.2) is 21.1 Å². The molecule has 0 radical (unpaired) electrons. The van der Waals surface area contributed by atoms with Gasteiger partial charge in [0.15, 0.2) is 0 Å². The first-order chi connectivity index (χ1) is 9.79. The van der Waals surface area contributed by atoms with E-state index in [1.165, 1.54) is 25.1 Å². The number of carbonyl (C=O) groups excluding carboxylic acids is 1. The number of aromatic nitrogens is 2. The molecule has 2 aromatic rings. The molecule has 0 aliphatic carbocycles. The molecule has 1 atom stereocenters. The Hall–Kier alpha value is -2.02. The molecule has 1 aromatic heterocycles. The van der Waals surface area contributed by atoms with Crippen molar-refractivity contribution >= 4 is 23.2 Å². The lowest BCUT2D eigenvalue weighted by Crippen LogP contribution is -2.20. The van der Waals surface area contributed by atoms with E-state index in [1.54, 1.807) is 6.07 Å². The second-order valence-electron chi connectivity index (χ2n) is 4.28. The molecule has 0 saturated heterocycles. The molecule has 0 aliphatic heterocycles. The number of nitrogens with zero attached hydrogens (tertiary/aromatic N) is 2. The molecule has 21 heavy (non-hydrogen) atoms. The van der Waals surface area contributed by atoms with Gasteiger partial charge in [0.25, 0.3) is 0 Å². The highest BCUT2D eigenvalue weighted by molar-refractivity contribution is 6.32. The molecular weight excluding hydrogens is 307 g/mol. The van der Waals surface area contributed by atoms with Crippen LogP contribution in [0.4, 0.5) is 18.9 Å². The lowest BCUT2D eigenvalue weighted by atomic mass is 10.2. The maximum Gasteiger partial charge on any atom is 0.433 e. The molecule has 1 aromatic carbocycles. The quantitative estimate of drug-likeness (QED) is 0.881. The summed E-state index contributed by atoms with van der Waals surface area (Å²) >= 11 is 5.62. The van der Waals surface area contributed by atoms with Crippen molar-refractivity contribution in [1.29, 1.82) is 0 Å². The minimum absolute atomic E-state index is 0.187. The number of hydrogen-bond donors (Lipinski definition) is 1. The van der Waals surface area contributed by atoms with Gasteiger partial charge in [0.05, 0.1) is 11.9 Å². The van der Waals surface area contributed by atoms with E-state index in [2.05, 4.69) is 10.4 Å². The second-order valence-corrected chi connectivity index (χ2v) is 4.94. The minimum atomic E-state index is -4.51. The molecule has 0 bridgehead atoms. The first kappa shape index (κ1) is 15.4. The van der Waals surface area contributed by atoms with Gasteiger partial charge in [-0.25, -0.2) is 4.68 Å². The summed E-state index contributed by atoms with van der Waals surface area (Å²) in [7, 11) is 0. The van der Waals surface area contributed by atoms with E-state index in [0.29, 0.717) is 5.69 Å². The van der Waals surface area contributed by atoms with E-state index < -0.39 is 23.2 Å². The van der Waals surface area contributed by atoms with Crippen LogP contribution in [-0.2, 0) is 11.0 Å². The lowest BCUT2D eigenvalue weighted by molar-refractivity contribution is -0.142.